The number of anilines is 1. The monoisotopic (exact) mass is 349 g/mol. The molecule has 0 unspecified atom stereocenters. The third kappa shape index (κ3) is 2.49. The molecule has 5 heteroatoms. The summed E-state index contributed by atoms with van der Waals surface area (Å²) in [4.78, 5) is 23.3. The first-order chi connectivity index (χ1) is 12.6. The highest BCUT2D eigenvalue weighted by Crippen LogP contribution is 2.48. The number of rotatable bonds is 4. The molecule has 1 saturated heterocycles. The lowest BCUT2D eigenvalue weighted by Crippen LogP contribution is -2.46. The van der Waals surface area contributed by atoms with Crippen molar-refractivity contribution in [2.75, 3.05) is 11.4 Å². The van der Waals surface area contributed by atoms with Crippen molar-refractivity contribution in [2.24, 2.45) is 5.92 Å². The van der Waals surface area contributed by atoms with Crippen LogP contribution in [-0.2, 0) is 17.6 Å². The molecule has 1 aromatic heterocycles. The summed E-state index contributed by atoms with van der Waals surface area (Å²) >= 11 is 0. The van der Waals surface area contributed by atoms with Gasteiger partial charge in [0.1, 0.15) is 0 Å². The van der Waals surface area contributed by atoms with Gasteiger partial charge in [0.25, 0.3) is 0 Å². The van der Waals surface area contributed by atoms with Gasteiger partial charge in [-0.15, -0.1) is 0 Å². The van der Waals surface area contributed by atoms with E-state index in [-0.39, 0.29) is 11.8 Å². The number of aromatic nitrogens is 2. The Bertz CT molecular complexity index is 895. The van der Waals surface area contributed by atoms with Crippen molar-refractivity contribution >= 4 is 11.9 Å². The zero-order chi connectivity index (χ0) is 17.8. The van der Waals surface area contributed by atoms with Gasteiger partial charge in [0.15, 0.2) is 0 Å². The molecule has 0 radical (unpaired) electrons. The summed E-state index contributed by atoms with van der Waals surface area (Å²) in [5.74, 6) is 0.105. The molecular formula is C21H23N3O2. The van der Waals surface area contributed by atoms with Crippen LogP contribution in [0.15, 0.2) is 24.3 Å². The Morgan fingerprint density at radius 2 is 2.15 bits per heavy atom. The maximum absolute atomic E-state index is 11.2. The Morgan fingerprint density at radius 3 is 2.85 bits per heavy atom. The summed E-state index contributed by atoms with van der Waals surface area (Å²) in [5.41, 5.74) is 5.76. The van der Waals surface area contributed by atoms with Crippen LogP contribution in [0.25, 0.3) is 11.3 Å². The van der Waals surface area contributed by atoms with Gasteiger partial charge in [-0.05, 0) is 56.6 Å². The standard InChI is InChI=1S/C21H23N3O2/c1-12-8-9-24(12)21-22-18-7-3-6-15(18)19(23-21)14-5-2-4-13(10-14)16-11-17(16)20(25)26/h2,4-5,10,12,16-17H,3,6-9,11H2,1H3,(H,25,26)/t12-,16-,17+/m0/s1. The third-order valence-electron chi connectivity index (χ3n) is 6.19. The van der Waals surface area contributed by atoms with E-state index in [4.69, 9.17) is 9.97 Å². The highest BCUT2D eigenvalue weighted by Gasteiger charge is 2.44. The highest BCUT2D eigenvalue weighted by atomic mass is 16.4. The number of carbonyl (C=O) groups is 1. The number of nitrogens with zero attached hydrogens (tertiary/aromatic N) is 3. The number of carboxylic acid groups (broad SMARTS) is 1. The molecule has 26 heavy (non-hydrogen) atoms. The zero-order valence-electron chi connectivity index (χ0n) is 15.0. The summed E-state index contributed by atoms with van der Waals surface area (Å²) in [7, 11) is 0. The molecule has 1 aliphatic heterocycles. The summed E-state index contributed by atoms with van der Waals surface area (Å²) in [6.45, 7) is 3.25. The predicted octanol–water partition coefficient (Wildman–Crippen LogP) is 3.42. The van der Waals surface area contributed by atoms with Gasteiger partial charge < -0.3 is 10.0 Å². The number of aryl methyl sites for hydroxylation is 1. The molecule has 134 valence electrons. The molecule has 1 aromatic carbocycles. The molecule has 0 spiro atoms. The van der Waals surface area contributed by atoms with Crippen molar-refractivity contribution in [3.05, 3.63) is 41.1 Å². The molecule has 3 atom stereocenters. The number of hydrogen-bond donors (Lipinski definition) is 1. The van der Waals surface area contributed by atoms with Crippen LogP contribution in [0.4, 0.5) is 5.95 Å². The van der Waals surface area contributed by atoms with Crippen LogP contribution < -0.4 is 4.90 Å². The quantitative estimate of drug-likeness (QED) is 0.916. The van der Waals surface area contributed by atoms with Crippen LogP contribution in [0.1, 0.15) is 48.9 Å². The topological polar surface area (TPSA) is 66.3 Å². The molecule has 5 rings (SSSR count). The summed E-state index contributed by atoms with van der Waals surface area (Å²) in [6.07, 6.45) is 5.15. The van der Waals surface area contributed by atoms with Crippen LogP contribution in [0.5, 0.6) is 0 Å². The fourth-order valence-electron chi connectivity index (χ4n) is 4.35. The lowest BCUT2D eigenvalue weighted by atomic mass is 10.00. The molecule has 0 bridgehead atoms. The van der Waals surface area contributed by atoms with Gasteiger partial charge in [0.2, 0.25) is 5.95 Å². The van der Waals surface area contributed by atoms with E-state index in [1.165, 1.54) is 17.7 Å². The van der Waals surface area contributed by atoms with E-state index in [9.17, 15) is 9.90 Å². The Kier molecular flexibility index (Phi) is 3.52. The minimum Gasteiger partial charge on any atom is -0.481 e. The number of benzene rings is 1. The van der Waals surface area contributed by atoms with Crippen LogP contribution in [0.3, 0.4) is 0 Å². The van der Waals surface area contributed by atoms with Gasteiger partial charge >= 0.3 is 5.97 Å². The number of fused-ring (bicyclic) bond motifs is 1. The van der Waals surface area contributed by atoms with Crippen molar-refractivity contribution in [3.8, 4) is 11.3 Å². The molecule has 1 saturated carbocycles. The zero-order valence-corrected chi connectivity index (χ0v) is 15.0. The Balaban J connectivity index is 1.55. The van der Waals surface area contributed by atoms with Crippen molar-refractivity contribution in [3.63, 3.8) is 0 Å². The normalized spacial score (nSPS) is 26.3. The minimum absolute atomic E-state index is 0.150. The first kappa shape index (κ1) is 15.8. The molecule has 0 amide bonds. The Labute approximate surface area is 153 Å². The molecule has 3 aliphatic rings. The predicted molar refractivity (Wildman–Crippen MR) is 99.4 cm³/mol. The van der Waals surface area contributed by atoms with E-state index in [1.54, 1.807) is 0 Å². The van der Waals surface area contributed by atoms with E-state index in [2.05, 4.69) is 30.0 Å². The van der Waals surface area contributed by atoms with Crippen LogP contribution in [0, 0.1) is 5.92 Å². The fraction of sp³-hybridized carbons (Fsp3) is 0.476. The molecule has 2 fully saturated rings. The molecule has 2 aromatic rings. The first-order valence-corrected chi connectivity index (χ1v) is 9.61. The number of hydrogen-bond acceptors (Lipinski definition) is 4. The van der Waals surface area contributed by atoms with E-state index in [0.717, 1.165) is 55.0 Å². The van der Waals surface area contributed by atoms with Crippen molar-refractivity contribution < 1.29 is 9.90 Å². The average molecular weight is 349 g/mol. The largest absolute Gasteiger partial charge is 0.481 e. The van der Waals surface area contributed by atoms with E-state index >= 15 is 0 Å². The second kappa shape index (κ2) is 5.79. The smallest absolute Gasteiger partial charge is 0.307 e. The second-order valence-corrected chi connectivity index (χ2v) is 7.89. The number of aliphatic carboxylic acids is 1. The molecule has 2 aliphatic carbocycles. The van der Waals surface area contributed by atoms with Crippen molar-refractivity contribution in [1.82, 2.24) is 9.97 Å². The van der Waals surface area contributed by atoms with Gasteiger partial charge in [-0.2, -0.15) is 0 Å². The fourth-order valence-corrected chi connectivity index (χ4v) is 4.35. The van der Waals surface area contributed by atoms with Gasteiger partial charge in [-0.1, -0.05) is 18.2 Å². The van der Waals surface area contributed by atoms with Crippen molar-refractivity contribution in [1.29, 1.82) is 0 Å². The Morgan fingerprint density at radius 1 is 1.27 bits per heavy atom. The van der Waals surface area contributed by atoms with E-state index < -0.39 is 5.97 Å². The summed E-state index contributed by atoms with van der Waals surface area (Å²) < 4.78 is 0. The average Bonchev–Trinajstić information content (AvgIpc) is 3.31. The first-order valence-electron chi connectivity index (χ1n) is 9.61. The Hall–Kier alpha value is -2.43. The van der Waals surface area contributed by atoms with Crippen LogP contribution in [-0.4, -0.2) is 33.6 Å². The number of carboxylic acids is 1. The SMILES string of the molecule is C[C@H]1CCN1c1nc2c(c(-c3cccc([C@@H]4C[C@H]4C(=O)O)c3)n1)CCC2. The lowest BCUT2D eigenvalue weighted by Gasteiger charge is -2.39. The molecule has 1 N–H and O–H groups in total. The minimum atomic E-state index is -0.683. The molecular weight excluding hydrogens is 326 g/mol. The van der Waals surface area contributed by atoms with E-state index in [0.29, 0.717) is 6.04 Å². The third-order valence-corrected chi connectivity index (χ3v) is 6.19. The molecule has 2 heterocycles. The maximum Gasteiger partial charge on any atom is 0.307 e. The highest BCUT2D eigenvalue weighted by molar-refractivity contribution is 5.76. The van der Waals surface area contributed by atoms with Gasteiger partial charge in [-0.3, -0.25) is 4.79 Å². The van der Waals surface area contributed by atoms with Crippen molar-refractivity contribution in [2.45, 2.75) is 51.0 Å². The lowest BCUT2D eigenvalue weighted by molar-refractivity contribution is -0.138. The van der Waals surface area contributed by atoms with Crippen LogP contribution >= 0.6 is 0 Å². The van der Waals surface area contributed by atoms with Gasteiger partial charge in [-0.25, -0.2) is 9.97 Å². The maximum atomic E-state index is 11.2. The summed E-state index contributed by atoms with van der Waals surface area (Å²) in [6, 6.07) is 8.86. The van der Waals surface area contributed by atoms with Gasteiger partial charge in [0.05, 0.1) is 11.6 Å². The van der Waals surface area contributed by atoms with Crippen LogP contribution in [0.2, 0.25) is 0 Å². The second-order valence-electron chi connectivity index (χ2n) is 7.89. The molecule has 5 nitrogen and oxygen atoms in total. The summed E-state index contributed by atoms with van der Waals surface area (Å²) in [5, 5.41) is 9.23. The van der Waals surface area contributed by atoms with E-state index in [1.807, 2.05) is 6.07 Å². The van der Waals surface area contributed by atoms with Gasteiger partial charge in [0, 0.05) is 29.4 Å².